The molecule has 0 aliphatic heterocycles. The molecule has 0 aromatic carbocycles. The molecule has 72 valence electrons. The van der Waals surface area contributed by atoms with Gasteiger partial charge in [0.2, 0.25) is 0 Å². The van der Waals surface area contributed by atoms with Crippen molar-refractivity contribution >= 4 is 0 Å². The minimum Gasteiger partial charge on any atom is -0.312 e. The van der Waals surface area contributed by atoms with E-state index in [0.717, 1.165) is 18.5 Å². The van der Waals surface area contributed by atoms with Gasteiger partial charge in [0.1, 0.15) is 5.69 Å². The van der Waals surface area contributed by atoms with Crippen molar-refractivity contribution in [2.75, 3.05) is 7.05 Å². The van der Waals surface area contributed by atoms with Gasteiger partial charge in [-0.3, -0.25) is 0 Å². The summed E-state index contributed by atoms with van der Waals surface area (Å²) in [5, 5.41) is 11.6. The zero-order valence-electron chi connectivity index (χ0n) is 8.41. The molecule has 0 bridgehead atoms. The van der Waals surface area contributed by atoms with Crippen molar-refractivity contribution in [1.82, 2.24) is 20.3 Å². The van der Waals surface area contributed by atoms with Crippen molar-refractivity contribution in [1.29, 1.82) is 0 Å². The normalized spacial score (nSPS) is 21.1. The molecule has 0 amide bonds. The summed E-state index contributed by atoms with van der Waals surface area (Å²) in [6.07, 6.45) is 2.26. The van der Waals surface area contributed by atoms with Crippen molar-refractivity contribution in [3.8, 4) is 0 Å². The molecular weight excluding hydrogens is 164 g/mol. The van der Waals surface area contributed by atoms with Crippen LogP contribution in [0.5, 0.6) is 0 Å². The van der Waals surface area contributed by atoms with E-state index in [0.29, 0.717) is 12.1 Å². The molecule has 0 radical (unpaired) electrons. The number of nitrogens with one attached hydrogen (secondary N) is 1. The van der Waals surface area contributed by atoms with Crippen LogP contribution >= 0.6 is 0 Å². The van der Waals surface area contributed by atoms with Crippen LogP contribution in [-0.2, 0) is 6.42 Å². The zero-order chi connectivity index (χ0) is 9.42. The average Bonchev–Trinajstić information content (AvgIpc) is 2.61. The van der Waals surface area contributed by atoms with Crippen LogP contribution < -0.4 is 5.32 Å². The van der Waals surface area contributed by atoms with Crippen LogP contribution in [0.3, 0.4) is 0 Å². The van der Waals surface area contributed by atoms with Crippen LogP contribution in [0.4, 0.5) is 0 Å². The predicted molar refractivity (Wildman–Crippen MR) is 50.5 cm³/mol. The third kappa shape index (κ3) is 1.25. The van der Waals surface area contributed by atoms with Crippen molar-refractivity contribution in [2.24, 2.45) is 0 Å². The first-order valence-electron chi connectivity index (χ1n) is 4.85. The fraction of sp³-hybridized carbons (Fsp3) is 0.778. The largest absolute Gasteiger partial charge is 0.312 e. The summed E-state index contributed by atoms with van der Waals surface area (Å²) in [5.74, 6) is 0. The predicted octanol–water partition coefficient (Wildman–Crippen LogP) is 1.07. The lowest BCUT2D eigenvalue weighted by molar-refractivity contribution is 0.483. The van der Waals surface area contributed by atoms with Crippen molar-refractivity contribution in [3.05, 3.63) is 11.4 Å². The minimum absolute atomic E-state index is 0.419. The Bertz CT molecular complexity index is 303. The van der Waals surface area contributed by atoms with E-state index in [1.807, 2.05) is 11.7 Å². The van der Waals surface area contributed by atoms with Gasteiger partial charge in [0, 0.05) is 6.04 Å². The first-order chi connectivity index (χ1) is 6.24. The number of fused-ring (bicyclic) bond motifs is 1. The van der Waals surface area contributed by atoms with E-state index in [1.165, 1.54) is 5.69 Å². The molecule has 1 aliphatic rings. The highest BCUT2D eigenvalue weighted by atomic mass is 15.4. The van der Waals surface area contributed by atoms with Crippen LogP contribution in [0.2, 0.25) is 0 Å². The number of aromatic nitrogens is 3. The van der Waals surface area contributed by atoms with E-state index < -0.39 is 0 Å². The maximum atomic E-state index is 4.22. The summed E-state index contributed by atoms with van der Waals surface area (Å²) in [7, 11) is 1.98. The lowest BCUT2D eigenvalue weighted by atomic mass is 10.2. The van der Waals surface area contributed by atoms with Crippen LogP contribution in [-0.4, -0.2) is 22.0 Å². The molecule has 0 saturated heterocycles. The Hall–Kier alpha value is -0.900. The smallest absolute Gasteiger partial charge is 0.103 e. The first kappa shape index (κ1) is 8.69. The first-order valence-corrected chi connectivity index (χ1v) is 4.85. The summed E-state index contributed by atoms with van der Waals surface area (Å²) < 4.78 is 2.03. The third-order valence-corrected chi connectivity index (χ3v) is 2.66. The van der Waals surface area contributed by atoms with Gasteiger partial charge in [0.15, 0.2) is 0 Å². The van der Waals surface area contributed by atoms with Gasteiger partial charge in [-0.2, -0.15) is 0 Å². The van der Waals surface area contributed by atoms with Gasteiger partial charge in [0.25, 0.3) is 0 Å². The molecule has 13 heavy (non-hydrogen) atoms. The molecular formula is C9H16N4. The molecule has 0 spiro atoms. The van der Waals surface area contributed by atoms with E-state index in [9.17, 15) is 0 Å². The van der Waals surface area contributed by atoms with Gasteiger partial charge in [0.05, 0.1) is 11.7 Å². The molecule has 4 nitrogen and oxygen atoms in total. The van der Waals surface area contributed by atoms with E-state index in [-0.39, 0.29) is 0 Å². The van der Waals surface area contributed by atoms with Gasteiger partial charge in [-0.15, -0.1) is 5.10 Å². The molecule has 1 N–H and O–H groups in total. The Labute approximate surface area is 78.3 Å². The van der Waals surface area contributed by atoms with Crippen molar-refractivity contribution in [3.63, 3.8) is 0 Å². The Kier molecular flexibility index (Phi) is 2.07. The molecule has 0 saturated carbocycles. The Morgan fingerprint density at radius 2 is 2.31 bits per heavy atom. The highest BCUT2D eigenvalue weighted by molar-refractivity contribution is 5.21. The second kappa shape index (κ2) is 3.10. The van der Waals surface area contributed by atoms with Gasteiger partial charge in [-0.25, -0.2) is 4.68 Å². The number of nitrogens with zero attached hydrogens (tertiary/aromatic N) is 3. The molecule has 1 aliphatic carbocycles. The quantitative estimate of drug-likeness (QED) is 0.740. The van der Waals surface area contributed by atoms with Crippen molar-refractivity contribution < 1.29 is 0 Å². The zero-order valence-corrected chi connectivity index (χ0v) is 8.41. The van der Waals surface area contributed by atoms with Gasteiger partial charge in [-0.1, -0.05) is 5.21 Å². The summed E-state index contributed by atoms with van der Waals surface area (Å²) in [5.41, 5.74) is 2.46. The maximum Gasteiger partial charge on any atom is 0.103 e. The summed E-state index contributed by atoms with van der Waals surface area (Å²) in [6, 6.07) is 0.842. The van der Waals surface area contributed by atoms with Gasteiger partial charge in [-0.05, 0) is 33.7 Å². The lowest BCUT2D eigenvalue weighted by Gasteiger charge is -2.06. The summed E-state index contributed by atoms with van der Waals surface area (Å²) in [6.45, 7) is 4.28. The van der Waals surface area contributed by atoms with E-state index in [1.54, 1.807) is 0 Å². The van der Waals surface area contributed by atoms with Gasteiger partial charge >= 0.3 is 0 Å². The van der Waals surface area contributed by atoms with Crippen molar-refractivity contribution in [2.45, 2.75) is 38.8 Å². The molecule has 2 rings (SSSR count). The second-order valence-electron chi connectivity index (χ2n) is 3.84. The number of hydrogen-bond acceptors (Lipinski definition) is 3. The Balaban J connectivity index is 2.36. The number of hydrogen-bond donors (Lipinski definition) is 1. The van der Waals surface area contributed by atoms with E-state index in [2.05, 4.69) is 29.5 Å². The topological polar surface area (TPSA) is 42.7 Å². The standard InChI is InChI=1S/C9H16N4/c1-6(2)13-8-5-4-7(10-3)9(8)11-12-13/h6-7,10H,4-5H2,1-3H3. The molecule has 1 aromatic heterocycles. The molecule has 1 unspecified atom stereocenters. The third-order valence-electron chi connectivity index (χ3n) is 2.66. The van der Waals surface area contributed by atoms with Gasteiger partial charge < -0.3 is 5.32 Å². The molecule has 1 heterocycles. The van der Waals surface area contributed by atoms with E-state index >= 15 is 0 Å². The molecule has 1 atom stereocenters. The SMILES string of the molecule is CNC1CCc2c1nnn2C(C)C. The average molecular weight is 180 g/mol. The fourth-order valence-electron chi connectivity index (χ4n) is 1.95. The Morgan fingerprint density at radius 3 is 2.92 bits per heavy atom. The van der Waals surface area contributed by atoms with Crippen LogP contribution in [0.15, 0.2) is 0 Å². The molecule has 1 aromatic rings. The fourth-order valence-corrected chi connectivity index (χ4v) is 1.95. The lowest BCUT2D eigenvalue weighted by Crippen LogP contribution is -2.13. The van der Waals surface area contributed by atoms with Crippen LogP contribution in [0.25, 0.3) is 0 Å². The summed E-state index contributed by atoms with van der Waals surface area (Å²) >= 11 is 0. The Morgan fingerprint density at radius 1 is 1.54 bits per heavy atom. The second-order valence-corrected chi connectivity index (χ2v) is 3.84. The minimum atomic E-state index is 0.419. The van der Waals surface area contributed by atoms with Crippen LogP contribution in [0.1, 0.15) is 43.7 Å². The van der Waals surface area contributed by atoms with E-state index in [4.69, 9.17) is 0 Å². The monoisotopic (exact) mass is 180 g/mol. The maximum absolute atomic E-state index is 4.22. The molecule has 4 heteroatoms. The molecule has 0 fully saturated rings. The summed E-state index contributed by atoms with van der Waals surface area (Å²) in [4.78, 5) is 0. The highest BCUT2D eigenvalue weighted by Gasteiger charge is 2.27. The number of rotatable bonds is 2. The van der Waals surface area contributed by atoms with Crippen LogP contribution in [0, 0.1) is 0 Å². The highest BCUT2D eigenvalue weighted by Crippen LogP contribution is 2.29.